The van der Waals surface area contributed by atoms with Crippen LogP contribution in [-0.4, -0.2) is 23.2 Å². The van der Waals surface area contributed by atoms with Crippen molar-refractivity contribution in [3.63, 3.8) is 0 Å². The minimum atomic E-state index is -5.12. The van der Waals surface area contributed by atoms with Gasteiger partial charge in [-0.05, 0) is 42.5 Å². The molecule has 0 amide bonds. The van der Waals surface area contributed by atoms with Crippen molar-refractivity contribution < 1.29 is 23.2 Å². The van der Waals surface area contributed by atoms with Gasteiger partial charge in [0.05, 0.1) is 0 Å². The van der Waals surface area contributed by atoms with Gasteiger partial charge in [-0.2, -0.15) is 8.42 Å². The van der Waals surface area contributed by atoms with Crippen LogP contribution in [0, 0.1) is 0 Å². The molecule has 0 unspecified atom stereocenters. The van der Waals surface area contributed by atoms with Crippen molar-refractivity contribution >= 4 is 56.5 Å². The summed E-state index contributed by atoms with van der Waals surface area (Å²) in [5.41, 5.74) is -0.652. The molecule has 3 rings (SSSR count). The van der Waals surface area contributed by atoms with Gasteiger partial charge in [-0.1, -0.05) is 58.5 Å². The minimum absolute atomic E-state index is 0.121. The normalized spacial score (nSPS) is 12.2. The molecule has 0 aliphatic heterocycles. The summed E-state index contributed by atoms with van der Waals surface area (Å²) in [6.07, 6.45) is 0. The molecule has 29 heavy (non-hydrogen) atoms. The number of hydrogen-bond donors (Lipinski definition) is 3. The molecule has 0 bridgehead atoms. The van der Waals surface area contributed by atoms with E-state index in [0.29, 0.717) is 0 Å². The molecule has 0 saturated carbocycles. The number of halogens is 4. The number of rotatable bonds is 4. The molecule has 0 spiro atoms. The first-order valence-electron chi connectivity index (χ1n) is 7.89. The van der Waals surface area contributed by atoms with Gasteiger partial charge in [0.25, 0.3) is 10.1 Å². The zero-order chi connectivity index (χ0) is 21.6. The highest BCUT2D eigenvalue weighted by molar-refractivity contribution is 7.87. The van der Waals surface area contributed by atoms with Crippen LogP contribution in [0.1, 0.15) is 16.7 Å². The summed E-state index contributed by atoms with van der Waals surface area (Å²) in [4.78, 5) is 0. The quantitative estimate of drug-likeness (QED) is 0.239. The second kappa shape index (κ2) is 7.87. The third-order valence-corrected chi connectivity index (χ3v) is 6.90. The summed E-state index contributed by atoms with van der Waals surface area (Å²) in [7, 11) is -5.12. The number of phenols is 2. The Kier molecular flexibility index (Phi) is 5.98. The van der Waals surface area contributed by atoms with Gasteiger partial charge in [0.15, 0.2) is 4.75 Å². The molecule has 0 aromatic heterocycles. The smallest absolute Gasteiger partial charge is 0.283 e. The van der Waals surface area contributed by atoms with Crippen LogP contribution in [0.15, 0.2) is 54.6 Å². The third kappa shape index (κ3) is 3.77. The van der Waals surface area contributed by atoms with Crippen LogP contribution in [0.2, 0.25) is 20.1 Å². The summed E-state index contributed by atoms with van der Waals surface area (Å²) in [6.45, 7) is 0. The fraction of sp³-hybridized carbons (Fsp3) is 0.0526. The van der Waals surface area contributed by atoms with E-state index in [9.17, 15) is 23.2 Å². The largest absolute Gasteiger partial charge is 0.508 e. The van der Waals surface area contributed by atoms with Crippen molar-refractivity contribution in [3.8, 4) is 11.5 Å². The average Bonchev–Trinajstić information content (AvgIpc) is 2.60. The average molecular weight is 494 g/mol. The lowest BCUT2D eigenvalue weighted by atomic mass is 9.83. The molecule has 3 aromatic rings. The monoisotopic (exact) mass is 492 g/mol. The highest BCUT2D eigenvalue weighted by atomic mass is 35.5. The molecular formula is C19H12Cl4O5S. The van der Waals surface area contributed by atoms with Gasteiger partial charge in [0.1, 0.15) is 11.5 Å². The van der Waals surface area contributed by atoms with Gasteiger partial charge in [-0.25, -0.2) is 0 Å². The molecule has 0 aliphatic carbocycles. The van der Waals surface area contributed by atoms with E-state index in [2.05, 4.69) is 0 Å². The molecule has 0 radical (unpaired) electrons. The van der Waals surface area contributed by atoms with Crippen LogP contribution in [0.5, 0.6) is 11.5 Å². The van der Waals surface area contributed by atoms with E-state index in [1.54, 1.807) is 0 Å². The Hall–Kier alpha value is -1.67. The summed E-state index contributed by atoms with van der Waals surface area (Å²) in [5, 5.41) is 20.7. The molecule has 5 nitrogen and oxygen atoms in total. The van der Waals surface area contributed by atoms with Gasteiger partial charge in [-0.15, -0.1) is 0 Å². The highest BCUT2D eigenvalue weighted by Gasteiger charge is 2.52. The van der Waals surface area contributed by atoms with Crippen LogP contribution in [0.3, 0.4) is 0 Å². The fourth-order valence-corrected chi connectivity index (χ4v) is 5.77. The van der Waals surface area contributed by atoms with Gasteiger partial charge < -0.3 is 10.2 Å². The predicted octanol–water partition coefficient (Wildman–Crippen LogP) is 5.89. The van der Waals surface area contributed by atoms with Crippen LogP contribution in [0.4, 0.5) is 0 Å². The maximum Gasteiger partial charge on any atom is 0.283 e. The molecule has 3 aromatic carbocycles. The van der Waals surface area contributed by atoms with E-state index in [4.69, 9.17) is 46.4 Å². The molecule has 152 valence electrons. The summed E-state index contributed by atoms with van der Waals surface area (Å²) in [5.74, 6) is -0.890. The highest BCUT2D eigenvalue weighted by Crippen LogP contribution is 2.52. The van der Waals surface area contributed by atoms with Crippen LogP contribution < -0.4 is 0 Å². The Labute approximate surface area is 186 Å². The van der Waals surface area contributed by atoms with Crippen molar-refractivity contribution in [2.45, 2.75) is 4.75 Å². The van der Waals surface area contributed by atoms with E-state index in [-0.39, 0.29) is 42.5 Å². The first kappa shape index (κ1) is 22.0. The van der Waals surface area contributed by atoms with Crippen LogP contribution >= 0.6 is 46.4 Å². The van der Waals surface area contributed by atoms with E-state index >= 15 is 0 Å². The third-order valence-electron chi connectivity index (χ3n) is 4.37. The summed E-state index contributed by atoms with van der Waals surface area (Å²) < 4.78 is 33.9. The molecule has 0 saturated heterocycles. The SMILES string of the molecule is O=S(=O)(O)C(c1cc(O)ccc1O)(c1ccc(Cl)cc1Cl)c1ccc(Cl)cc1Cl. The Morgan fingerprint density at radius 3 is 1.59 bits per heavy atom. The molecule has 10 heteroatoms. The molecule has 0 heterocycles. The van der Waals surface area contributed by atoms with Crippen molar-refractivity contribution in [3.05, 3.63) is 91.4 Å². The first-order valence-corrected chi connectivity index (χ1v) is 10.8. The zero-order valence-electron chi connectivity index (χ0n) is 14.3. The topological polar surface area (TPSA) is 94.8 Å². The molecular weight excluding hydrogens is 482 g/mol. The van der Waals surface area contributed by atoms with Crippen LogP contribution in [-0.2, 0) is 14.9 Å². The fourth-order valence-electron chi connectivity index (χ4n) is 3.21. The Morgan fingerprint density at radius 1 is 0.690 bits per heavy atom. The number of benzene rings is 3. The Balaban J connectivity index is 2.63. The molecule has 0 fully saturated rings. The lowest BCUT2D eigenvalue weighted by Crippen LogP contribution is -2.39. The van der Waals surface area contributed by atoms with Gasteiger partial charge in [0.2, 0.25) is 0 Å². The van der Waals surface area contributed by atoms with Gasteiger partial charge >= 0.3 is 0 Å². The summed E-state index contributed by atoms with van der Waals surface area (Å²) in [6, 6.07) is 11.1. The standard InChI is InChI=1S/C19H12Cl4O5S/c20-10-1-4-13(16(22)7-10)19(29(26,27)28,14-5-2-11(21)8-17(14)23)15-9-12(24)3-6-18(15)25/h1-9,24-25H,(H,26,27,28). The van der Waals surface area contributed by atoms with Crippen molar-refractivity contribution in [2.75, 3.05) is 0 Å². The minimum Gasteiger partial charge on any atom is -0.508 e. The van der Waals surface area contributed by atoms with Crippen LogP contribution in [0.25, 0.3) is 0 Å². The first-order chi connectivity index (χ1) is 13.5. The summed E-state index contributed by atoms with van der Waals surface area (Å²) >= 11 is 24.5. The zero-order valence-corrected chi connectivity index (χ0v) is 18.1. The lowest BCUT2D eigenvalue weighted by molar-refractivity contribution is 0.434. The predicted molar refractivity (Wildman–Crippen MR) is 114 cm³/mol. The second-order valence-electron chi connectivity index (χ2n) is 6.11. The Bertz CT molecular complexity index is 1160. The van der Waals surface area contributed by atoms with Crippen molar-refractivity contribution in [1.82, 2.24) is 0 Å². The molecule has 3 N–H and O–H groups in total. The van der Waals surface area contributed by atoms with Gasteiger partial charge in [0, 0.05) is 36.8 Å². The lowest BCUT2D eigenvalue weighted by Gasteiger charge is -2.34. The number of hydrogen-bond acceptors (Lipinski definition) is 4. The van der Waals surface area contributed by atoms with E-state index < -0.39 is 20.6 Å². The second-order valence-corrected chi connectivity index (χ2v) is 9.36. The van der Waals surface area contributed by atoms with E-state index in [0.717, 1.165) is 18.2 Å². The van der Waals surface area contributed by atoms with E-state index in [1.165, 1.54) is 36.4 Å². The molecule has 0 aliphatic rings. The van der Waals surface area contributed by atoms with Crippen molar-refractivity contribution in [1.29, 1.82) is 0 Å². The molecule has 0 atom stereocenters. The van der Waals surface area contributed by atoms with Crippen molar-refractivity contribution in [2.24, 2.45) is 0 Å². The number of phenolic OH excluding ortho intramolecular Hbond substituents is 2. The van der Waals surface area contributed by atoms with E-state index in [1.807, 2.05) is 0 Å². The van der Waals surface area contributed by atoms with Gasteiger partial charge in [-0.3, -0.25) is 4.55 Å². The maximum atomic E-state index is 13.0. The maximum absolute atomic E-state index is 13.0. The number of aromatic hydroxyl groups is 2. The Morgan fingerprint density at radius 2 is 1.17 bits per heavy atom.